The molecule has 1 aliphatic heterocycles. The van der Waals surface area contributed by atoms with Crippen molar-refractivity contribution in [3.05, 3.63) is 48.0 Å². The van der Waals surface area contributed by atoms with E-state index in [1.807, 2.05) is 19.1 Å². The third-order valence-corrected chi connectivity index (χ3v) is 5.29. The van der Waals surface area contributed by atoms with Crippen molar-refractivity contribution >= 4 is 27.3 Å². The highest BCUT2D eigenvalue weighted by atomic mass is 32.2. The largest absolute Gasteiger partial charge is 0.486 e. The number of benzene rings is 2. The molecule has 7 nitrogen and oxygen atoms in total. The molecular weight excluding hydrogens is 368 g/mol. The first kappa shape index (κ1) is 19.0. The number of nitrogens with zero attached hydrogens (tertiary/aromatic N) is 1. The molecule has 0 spiro atoms. The van der Waals surface area contributed by atoms with Crippen LogP contribution >= 0.6 is 0 Å². The van der Waals surface area contributed by atoms with Gasteiger partial charge in [0.25, 0.3) is 0 Å². The van der Waals surface area contributed by atoms with Crippen LogP contribution in [-0.2, 0) is 21.2 Å². The minimum atomic E-state index is -3.67. The second kappa shape index (κ2) is 7.87. The molecule has 0 saturated carbocycles. The Kier molecular flexibility index (Phi) is 5.55. The topological polar surface area (TPSA) is 84.9 Å². The summed E-state index contributed by atoms with van der Waals surface area (Å²) in [4.78, 5) is 12.4. The van der Waals surface area contributed by atoms with Crippen LogP contribution in [0.4, 0.5) is 11.4 Å². The standard InChI is InChI=1S/C19H22N2O5S/c1-3-14-4-6-15(7-5-14)20-19(22)13-21(27(2,23)24)16-8-9-17-18(12-16)26-11-10-25-17/h4-9,12H,3,10-11,13H2,1-2H3,(H,20,22). The molecule has 0 radical (unpaired) electrons. The lowest BCUT2D eigenvalue weighted by molar-refractivity contribution is -0.114. The molecule has 3 rings (SSSR count). The van der Waals surface area contributed by atoms with Gasteiger partial charge in [-0.1, -0.05) is 19.1 Å². The number of ether oxygens (including phenoxy) is 2. The van der Waals surface area contributed by atoms with Gasteiger partial charge in [0.15, 0.2) is 11.5 Å². The predicted molar refractivity (Wildman–Crippen MR) is 104 cm³/mol. The summed E-state index contributed by atoms with van der Waals surface area (Å²) in [5.41, 5.74) is 2.12. The Morgan fingerprint density at radius 2 is 1.74 bits per heavy atom. The fourth-order valence-corrected chi connectivity index (χ4v) is 3.59. The van der Waals surface area contributed by atoms with E-state index in [9.17, 15) is 13.2 Å². The molecule has 2 aromatic carbocycles. The number of hydrogen-bond donors (Lipinski definition) is 1. The van der Waals surface area contributed by atoms with E-state index in [2.05, 4.69) is 5.32 Å². The molecule has 0 fully saturated rings. The van der Waals surface area contributed by atoms with Gasteiger partial charge in [-0.15, -0.1) is 0 Å². The summed E-state index contributed by atoms with van der Waals surface area (Å²) >= 11 is 0. The number of carbonyl (C=O) groups excluding carboxylic acids is 1. The number of aryl methyl sites for hydroxylation is 1. The summed E-state index contributed by atoms with van der Waals surface area (Å²) < 4.78 is 36.5. The van der Waals surface area contributed by atoms with Crippen LogP contribution in [0.25, 0.3) is 0 Å². The molecule has 1 amide bonds. The minimum absolute atomic E-state index is 0.339. The minimum Gasteiger partial charge on any atom is -0.486 e. The van der Waals surface area contributed by atoms with Crippen LogP contribution in [0.15, 0.2) is 42.5 Å². The van der Waals surface area contributed by atoms with Gasteiger partial charge in [-0.2, -0.15) is 0 Å². The van der Waals surface area contributed by atoms with Gasteiger partial charge in [-0.3, -0.25) is 9.10 Å². The highest BCUT2D eigenvalue weighted by Gasteiger charge is 2.23. The molecule has 1 heterocycles. The normalized spacial score (nSPS) is 13.1. The first-order valence-corrected chi connectivity index (χ1v) is 10.5. The smallest absolute Gasteiger partial charge is 0.245 e. The number of carbonyl (C=O) groups is 1. The van der Waals surface area contributed by atoms with E-state index >= 15 is 0 Å². The molecule has 0 aromatic heterocycles. The van der Waals surface area contributed by atoms with Gasteiger partial charge in [0.2, 0.25) is 15.9 Å². The molecule has 0 unspecified atom stereocenters. The average molecular weight is 390 g/mol. The van der Waals surface area contributed by atoms with Crippen LogP contribution in [0.3, 0.4) is 0 Å². The highest BCUT2D eigenvalue weighted by Crippen LogP contribution is 2.34. The lowest BCUT2D eigenvalue weighted by Gasteiger charge is -2.24. The number of rotatable bonds is 6. The quantitative estimate of drug-likeness (QED) is 0.819. The Balaban J connectivity index is 1.78. The fraction of sp³-hybridized carbons (Fsp3) is 0.316. The van der Waals surface area contributed by atoms with E-state index in [0.717, 1.165) is 22.5 Å². The molecule has 0 aliphatic carbocycles. The van der Waals surface area contributed by atoms with Crippen molar-refractivity contribution in [2.24, 2.45) is 0 Å². The maximum Gasteiger partial charge on any atom is 0.245 e. The summed E-state index contributed by atoms with van der Waals surface area (Å²) in [6, 6.07) is 12.2. The molecule has 0 saturated heterocycles. The molecule has 144 valence electrons. The van der Waals surface area contributed by atoms with Crippen molar-refractivity contribution in [2.75, 3.05) is 35.6 Å². The molecule has 8 heteroatoms. The predicted octanol–water partition coefficient (Wildman–Crippen LogP) is 2.42. The van der Waals surface area contributed by atoms with Crippen LogP contribution in [0.5, 0.6) is 11.5 Å². The number of anilines is 2. The molecule has 27 heavy (non-hydrogen) atoms. The molecule has 0 bridgehead atoms. The van der Waals surface area contributed by atoms with Crippen molar-refractivity contribution in [3.63, 3.8) is 0 Å². The zero-order valence-electron chi connectivity index (χ0n) is 15.3. The first-order valence-electron chi connectivity index (χ1n) is 8.63. The molecular formula is C19H22N2O5S. The molecule has 1 N–H and O–H groups in total. The Morgan fingerprint density at radius 3 is 2.37 bits per heavy atom. The number of sulfonamides is 1. The number of amides is 1. The van der Waals surface area contributed by atoms with E-state index in [1.165, 1.54) is 0 Å². The summed E-state index contributed by atoms with van der Waals surface area (Å²) in [6.45, 7) is 2.55. The van der Waals surface area contributed by atoms with Gasteiger partial charge in [-0.05, 0) is 36.2 Å². The second-order valence-corrected chi connectivity index (χ2v) is 8.10. The van der Waals surface area contributed by atoms with Gasteiger partial charge in [0.05, 0.1) is 11.9 Å². The highest BCUT2D eigenvalue weighted by molar-refractivity contribution is 7.92. The SMILES string of the molecule is CCc1ccc(NC(=O)CN(c2ccc3c(c2)OCCO3)S(C)(=O)=O)cc1. The second-order valence-electron chi connectivity index (χ2n) is 6.20. The van der Waals surface area contributed by atoms with E-state index in [0.29, 0.717) is 36.1 Å². The number of nitrogens with one attached hydrogen (secondary N) is 1. The van der Waals surface area contributed by atoms with Crippen molar-refractivity contribution in [1.82, 2.24) is 0 Å². The molecule has 1 aliphatic rings. The van der Waals surface area contributed by atoms with Crippen LogP contribution in [0.2, 0.25) is 0 Å². The zero-order chi connectivity index (χ0) is 19.4. The Hall–Kier alpha value is -2.74. The fourth-order valence-electron chi connectivity index (χ4n) is 2.74. The van der Waals surface area contributed by atoms with Crippen LogP contribution in [-0.4, -0.2) is 40.3 Å². The third kappa shape index (κ3) is 4.71. The first-order chi connectivity index (χ1) is 12.9. The van der Waals surface area contributed by atoms with E-state index < -0.39 is 15.9 Å². The van der Waals surface area contributed by atoms with E-state index in [4.69, 9.17) is 9.47 Å². The summed E-state index contributed by atoms with van der Waals surface area (Å²) in [5, 5.41) is 2.73. The Morgan fingerprint density at radius 1 is 1.07 bits per heavy atom. The maximum absolute atomic E-state index is 12.4. The van der Waals surface area contributed by atoms with Crippen molar-refractivity contribution in [1.29, 1.82) is 0 Å². The van der Waals surface area contributed by atoms with Gasteiger partial charge in [0, 0.05) is 11.8 Å². The van der Waals surface area contributed by atoms with Gasteiger partial charge in [-0.25, -0.2) is 8.42 Å². The van der Waals surface area contributed by atoms with Crippen LogP contribution in [0, 0.1) is 0 Å². The third-order valence-electron chi connectivity index (χ3n) is 4.15. The summed E-state index contributed by atoms with van der Waals surface area (Å²) in [7, 11) is -3.67. The van der Waals surface area contributed by atoms with Gasteiger partial charge in [0.1, 0.15) is 19.8 Å². The molecule has 2 aromatic rings. The summed E-state index contributed by atoms with van der Waals surface area (Å²) in [5.74, 6) is 0.585. The Bertz CT molecular complexity index is 926. The van der Waals surface area contributed by atoms with Crippen molar-refractivity contribution in [2.45, 2.75) is 13.3 Å². The summed E-state index contributed by atoms with van der Waals surface area (Å²) in [6.07, 6.45) is 1.97. The van der Waals surface area contributed by atoms with E-state index in [-0.39, 0.29) is 6.54 Å². The Labute approximate surface area is 158 Å². The van der Waals surface area contributed by atoms with E-state index in [1.54, 1.807) is 30.3 Å². The maximum atomic E-state index is 12.4. The zero-order valence-corrected chi connectivity index (χ0v) is 16.1. The van der Waals surface area contributed by atoms with Crippen molar-refractivity contribution in [3.8, 4) is 11.5 Å². The lowest BCUT2D eigenvalue weighted by Crippen LogP contribution is -2.37. The van der Waals surface area contributed by atoms with Gasteiger partial charge < -0.3 is 14.8 Å². The molecule has 0 atom stereocenters. The lowest BCUT2D eigenvalue weighted by atomic mass is 10.1. The number of hydrogen-bond acceptors (Lipinski definition) is 5. The average Bonchev–Trinajstić information content (AvgIpc) is 2.65. The van der Waals surface area contributed by atoms with Crippen molar-refractivity contribution < 1.29 is 22.7 Å². The van der Waals surface area contributed by atoms with Gasteiger partial charge >= 0.3 is 0 Å². The van der Waals surface area contributed by atoms with Crippen LogP contribution in [0.1, 0.15) is 12.5 Å². The monoisotopic (exact) mass is 390 g/mol. The van der Waals surface area contributed by atoms with Crippen LogP contribution < -0.4 is 19.1 Å². The number of fused-ring (bicyclic) bond motifs is 1.